The van der Waals surface area contributed by atoms with Crippen LogP contribution in [0.5, 0.6) is 0 Å². The molecule has 2 heteroatoms. The molecule has 0 amide bonds. The maximum Gasteiger partial charge on any atom is 4.00 e. The Morgan fingerprint density at radius 3 is 1.38 bits per heavy atom. The third-order valence-electron chi connectivity index (χ3n) is 8.31. The minimum absolute atomic E-state index is 0. The first-order valence-corrected chi connectivity index (χ1v) is 15.3. The Morgan fingerprint density at radius 2 is 0.923 bits per heavy atom. The van der Waals surface area contributed by atoms with E-state index >= 15 is 0 Å². The molecule has 0 nitrogen and oxygen atoms in total. The molecule has 0 atom stereocenters. The second-order valence-corrected chi connectivity index (χ2v) is 14.2. The van der Waals surface area contributed by atoms with Gasteiger partial charge in [0, 0.05) is 8.07 Å². The van der Waals surface area contributed by atoms with Gasteiger partial charge < -0.3 is 14.9 Å². The van der Waals surface area contributed by atoms with Crippen LogP contribution in [0.15, 0.2) is 115 Å². The van der Waals surface area contributed by atoms with Crippen LogP contribution in [0, 0.1) is 28.7 Å². The average Bonchev–Trinajstić information content (AvgIpc) is 3.45. The van der Waals surface area contributed by atoms with Gasteiger partial charge in [0.25, 0.3) is 0 Å². The van der Waals surface area contributed by atoms with Crippen LogP contribution >= 0.6 is 0 Å². The van der Waals surface area contributed by atoms with Crippen LogP contribution in [0.3, 0.4) is 0 Å². The summed E-state index contributed by atoms with van der Waals surface area (Å²) < 4.78 is 0. The third kappa shape index (κ3) is 4.20. The first kappa shape index (κ1) is 28.9. The molecule has 7 rings (SSSR count). The van der Waals surface area contributed by atoms with Crippen molar-refractivity contribution in [3.63, 3.8) is 0 Å². The molecule has 39 heavy (non-hydrogen) atoms. The van der Waals surface area contributed by atoms with Gasteiger partial charge in [-0.1, -0.05) is 127 Å². The molecule has 0 radical (unpaired) electrons. The van der Waals surface area contributed by atoms with Gasteiger partial charge in [0.1, 0.15) is 0 Å². The van der Waals surface area contributed by atoms with Crippen molar-refractivity contribution in [3.8, 4) is 0 Å². The van der Waals surface area contributed by atoms with Gasteiger partial charge in [0.05, 0.1) is 0 Å². The van der Waals surface area contributed by atoms with Gasteiger partial charge in [-0.2, -0.15) is 10.4 Å². The molecule has 0 aromatic heterocycles. The summed E-state index contributed by atoms with van der Waals surface area (Å²) in [5, 5.41) is 15.5. The molecule has 0 bridgehead atoms. The summed E-state index contributed by atoms with van der Waals surface area (Å²) in [6.07, 6.45) is 0. The Kier molecular flexibility index (Phi) is 8.03. The molecule has 0 saturated heterocycles. The topological polar surface area (TPSA) is 0 Å². The number of aryl methyl sites for hydroxylation is 2. The zero-order valence-electron chi connectivity index (χ0n) is 23.5. The Morgan fingerprint density at radius 1 is 0.513 bits per heavy atom. The van der Waals surface area contributed by atoms with Crippen molar-refractivity contribution in [2.45, 2.75) is 20.4 Å². The number of hydrogen-bond donors (Lipinski definition) is 0. The minimum Gasteiger partial charge on any atom is -0.358 e. The van der Waals surface area contributed by atoms with Gasteiger partial charge in [0.2, 0.25) is 0 Å². The zero-order valence-corrected chi connectivity index (χ0v) is 28.1. The number of benzene rings is 5. The summed E-state index contributed by atoms with van der Waals surface area (Å²) in [7, 11) is -2.43. The molecule has 0 heterocycles. The molecular weight excluding hydrogens is 651 g/mol. The Balaban J connectivity index is 0.00000118. The van der Waals surface area contributed by atoms with Gasteiger partial charge in [-0.25, -0.2) is 0 Å². The maximum atomic E-state index is 2.59. The molecule has 190 valence electrons. The largest absolute Gasteiger partial charge is 4.00 e. The van der Waals surface area contributed by atoms with E-state index in [1.807, 2.05) is 0 Å². The van der Waals surface area contributed by atoms with Crippen molar-refractivity contribution in [1.82, 2.24) is 0 Å². The van der Waals surface area contributed by atoms with E-state index in [0.29, 0.717) is 0 Å². The Hall–Kier alpha value is -3.07. The molecule has 0 aliphatic rings. The van der Waals surface area contributed by atoms with E-state index in [1.54, 1.807) is 10.4 Å². The summed E-state index contributed by atoms with van der Waals surface area (Å²) in [6, 6.07) is 43.2. The molecule has 0 aliphatic carbocycles. The summed E-state index contributed by atoms with van der Waals surface area (Å²) in [5.74, 6) is 0. The molecular formula is C37H34HfSi. The molecule has 0 saturated carbocycles. The fourth-order valence-electron chi connectivity index (χ4n) is 6.85. The first-order valence-electron chi connectivity index (χ1n) is 12.8. The van der Waals surface area contributed by atoms with Crippen molar-refractivity contribution in [1.29, 1.82) is 0 Å². The van der Waals surface area contributed by atoms with E-state index in [1.165, 1.54) is 59.4 Å². The first-order chi connectivity index (χ1) is 17.6. The van der Waals surface area contributed by atoms with E-state index < -0.39 is 8.07 Å². The van der Waals surface area contributed by atoms with E-state index in [-0.39, 0.29) is 40.7 Å². The summed E-state index contributed by atoms with van der Waals surface area (Å²) >= 11 is 0. The van der Waals surface area contributed by atoms with Gasteiger partial charge in [-0.15, -0.1) is 56.9 Å². The number of rotatable bonds is 3. The van der Waals surface area contributed by atoms with E-state index in [9.17, 15) is 0 Å². The van der Waals surface area contributed by atoms with Crippen LogP contribution in [0.25, 0.3) is 43.1 Å². The van der Waals surface area contributed by atoms with Crippen molar-refractivity contribution in [3.05, 3.63) is 141 Å². The molecule has 0 aliphatic heterocycles. The van der Waals surface area contributed by atoms with Crippen LogP contribution in [0.2, 0.25) is 6.55 Å². The van der Waals surface area contributed by atoms with Gasteiger partial charge in [-0.3, -0.25) is 0 Å². The predicted octanol–water partition coefficient (Wildman–Crippen LogP) is 8.35. The third-order valence-corrected chi connectivity index (χ3v) is 13.1. The SMILES string of the molecule is Cc1[cH-]c2ccc3ccccc3c2c1[Si](C)(c1ccccc1)c1c(C)[cH-]c2ccc3ccccc3c12.[CH3-].[CH3-].[Hf+4]. The number of fused-ring (bicyclic) bond motifs is 6. The molecule has 7 aromatic rings. The maximum absolute atomic E-state index is 2.59. The van der Waals surface area contributed by atoms with Crippen molar-refractivity contribution < 1.29 is 25.8 Å². The fourth-order valence-corrected chi connectivity index (χ4v) is 11.8. The number of hydrogen-bond acceptors (Lipinski definition) is 0. The summed E-state index contributed by atoms with van der Waals surface area (Å²) in [5.41, 5.74) is 2.82. The second-order valence-electron chi connectivity index (χ2n) is 10.4. The zero-order chi connectivity index (χ0) is 24.4. The van der Waals surface area contributed by atoms with Crippen molar-refractivity contribution in [2.75, 3.05) is 0 Å². The summed E-state index contributed by atoms with van der Waals surface area (Å²) in [6.45, 7) is 7.25. The van der Waals surface area contributed by atoms with E-state index in [4.69, 9.17) is 0 Å². The monoisotopic (exact) mass is 686 g/mol. The molecule has 7 aromatic carbocycles. The van der Waals surface area contributed by atoms with E-state index in [2.05, 4.69) is 136 Å². The van der Waals surface area contributed by atoms with Crippen LogP contribution in [-0.2, 0) is 25.8 Å². The van der Waals surface area contributed by atoms with Gasteiger partial charge in [0.15, 0.2) is 0 Å². The van der Waals surface area contributed by atoms with Crippen molar-refractivity contribution >= 4 is 66.7 Å². The van der Waals surface area contributed by atoms with E-state index in [0.717, 1.165) is 0 Å². The molecule has 0 spiro atoms. The van der Waals surface area contributed by atoms with Crippen LogP contribution in [-0.4, -0.2) is 8.07 Å². The van der Waals surface area contributed by atoms with Crippen LogP contribution in [0.1, 0.15) is 11.1 Å². The van der Waals surface area contributed by atoms with Gasteiger partial charge >= 0.3 is 25.8 Å². The molecule has 0 fully saturated rings. The fraction of sp³-hybridized carbons (Fsp3) is 0.0811. The van der Waals surface area contributed by atoms with Gasteiger partial charge in [-0.05, 0) is 10.8 Å². The standard InChI is InChI=1S/C35H28Si.2CH3.Hf/c1-23-21-27-19-17-25-11-7-9-15-30(25)32(27)34(23)36(3,29-13-5-4-6-14-29)35-24(2)22-28-20-18-26-12-8-10-16-31(26)33(28)35;;;/h4-22H,1-3H3;2*1H3;/q-2;2*-1;+4. The molecule has 0 unspecified atom stereocenters. The van der Waals surface area contributed by atoms with Crippen LogP contribution < -0.4 is 15.6 Å². The quantitative estimate of drug-likeness (QED) is 0.130. The second kappa shape index (κ2) is 10.8. The van der Waals surface area contributed by atoms with Crippen LogP contribution in [0.4, 0.5) is 0 Å². The molecule has 0 N–H and O–H groups in total. The van der Waals surface area contributed by atoms with Crippen molar-refractivity contribution in [2.24, 2.45) is 0 Å². The average molecular weight is 685 g/mol. The smallest absolute Gasteiger partial charge is 0.358 e. The summed E-state index contributed by atoms with van der Waals surface area (Å²) in [4.78, 5) is 0. The Labute approximate surface area is 252 Å². The Bertz CT molecular complexity index is 1800. The predicted molar refractivity (Wildman–Crippen MR) is 173 cm³/mol. The minimum atomic E-state index is -2.43. The normalized spacial score (nSPS) is 11.4.